The highest BCUT2D eigenvalue weighted by Gasteiger charge is 2.21. The summed E-state index contributed by atoms with van der Waals surface area (Å²) in [6.45, 7) is 7.24. The summed E-state index contributed by atoms with van der Waals surface area (Å²) in [6, 6.07) is 4.03. The van der Waals surface area contributed by atoms with Crippen LogP contribution in [0.3, 0.4) is 0 Å². The minimum absolute atomic E-state index is 0.0511. The molecule has 0 aliphatic heterocycles. The second-order valence-electron chi connectivity index (χ2n) is 5.27. The normalized spacial score (nSPS) is 11.5. The third-order valence-corrected chi connectivity index (χ3v) is 3.18. The van der Waals surface area contributed by atoms with Gasteiger partial charge in [0.25, 0.3) is 0 Å². The van der Waals surface area contributed by atoms with Gasteiger partial charge >= 0.3 is 0 Å². The molecule has 18 heavy (non-hydrogen) atoms. The van der Waals surface area contributed by atoms with Crippen molar-refractivity contribution in [3.8, 4) is 0 Å². The van der Waals surface area contributed by atoms with Crippen molar-refractivity contribution in [3.05, 3.63) is 41.9 Å². The van der Waals surface area contributed by atoms with Crippen LogP contribution in [-0.2, 0) is 5.41 Å². The van der Waals surface area contributed by atoms with Crippen LogP contribution in [0.15, 0.2) is 30.7 Å². The third-order valence-electron chi connectivity index (χ3n) is 3.18. The van der Waals surface area contributed by atoms with Crippen molar-refractivity contribution >= 4 is 11.5 Å². The van der Waals surface area contributed by atoms with Gasteiger partial charge in [0.05, 0.1) is 11.9 Å². The summed E-state index contributed by atoms with van der Waals surface area (Å²) < 4.78 is 0. The summed E-state index contributed by atoms with van der Waals surface area (Å²) in [5, 5.41) is 3.39. The summed E-state index contributed by atoms with van der Waals surface area (Å²) in [5.74, 6) is 0.896. The van der Waals surface area contributed by atoms with Gasteiger partial charge in [-0.1, -0.05) is 13.8 Å². The Balaban J connectivity index is 2.07. The Labute approximate surface area is 108 Å². The lowest BCUT2D eigenvalue weighted by molar-refractivity contribution is 0.557. The Bertz CT molecular complexity index is 515. The highest BCUT2D eigenvalue weighted by Crippen LogP contribution is 2.24. The molecule has 4 heteroatoms. The number of aromatic nitrogens is 2. The van der Waals surface area contributed by atoms with Crippen LogP contribution in [0.25, 0.3) is 0 Å². The van der Waals surface area contributed by atoms with Crippen molar-refractivity contribution in [3.63, 3.8) is 0 Å². The number of anilines is 2. The maximum absolute atomic E-state index is 5.69. The molecule has 0 aromatic carbocycles. The first kappa shape index (κ1) is 12.5. The number of hydrogen-bond acceptors (Lipinski definition) is 3. The van der Waals surface area contributed by atoms with E-state index in [4.69, 9.17) is 5.73 Å². The molecule has 2 aromatic heterocycles. The van der Waals surface area contributed by atoms with Crippen molar-refractivity contribution in [1.82, 2.24) is 9.97 Å². The van der Waals surface area contributed by atoms with Crippen LogP contribution in [0, 0.1) is 6.92 Å². The molecule has 0 spiro atoms. The van der Waals surface area contributed by atoms with Gasteiger partial charge in [-0.2, -0.15) is 0 Å². The summed E-state index contributed by atoms with van der Waals surface area (Å²) in [4.78, 5) is 7.41. The standard InChI is InChI=1S/C14H20N4/c1-10-6-12(15)8-17-13(10)18-9-14(2,3)11-4-5-16-7-11/h4-8,16H,9,15H2,1-3H3,(H,17,18). The summed E-state index contributed by atoms with van der Waals surface area (Å²) in [6.07, 6.45) is 5.66. The molecule has 0 aliphatic carbocycles. The molecular formula is C14H20N4. The van der Waals surface area contributed by atoms with Gasteiger partial charge in [-0.3, -0.25) is 0 Å². The van der Waals surface area contributed by atoms with Gasteiger partial charge in [0.15, 0.2) is 0 Å². The molecule has 0 bridgehead atoms. The molecule has 0 aliphatic rings. The Morgan fingerprint density at radius 2 is 2.22 bits per heavy atom. The number of hydrogen-bond donors (Lipinski definition) is 3. The van der Waals surface area contributed by atoms with Gasteiger partial charge in [0.2, 0.25) is 0 Å². The predicted molar refractivity (Wildman–Crippen MR) is 75.7 cm³/mol. The summed E-state index contributed by atoms with van der Waals surface area (Å²) >= 11 is 0. The molecule has 2 rings (SSSR count). The molecule has 0 unspecified atom stereocenters. The molecule has 4 N–H and O–H groups in total. The lowest BCUT2D eigenvalue weighted by Crippen LogP contribution is -2.27. The van der Waals surface area contributed by atoms with Crippen LogP contribution >= 0.6 is 0 Å². The number of aryl methyl sites for hydroxylation is 1. The molecular weight excluding hydrogens is 224 g/mol. The average molecular weight is 244 g/mol. The number of rotatable bonds is 4. The molecule has 4 nitrogen and oxygen atoms in total. The zero-order valence-electron chi connectivity index (χ0n) is 11.1. The third kappa shape index (κ3) is 2.64. The van der Waals surface area contributed by atoms with E-state index in [-0.39, 0.29) is 5.41 Å². The second-order valence-corrected chi connectivity index (χ2v) is 5.27. The minimum atomic E-state index is 0.0511. The van der Waals surface area contributed by atoms with E-state index >= 15 is 0 Å². The molecule has 0 atom stereocenters. The number of nitrogen functional groups attached to an aromatic ring is 1. The van der Waals surface area contributed by atoms with E-state index in [0.29, 0.717) is 5.69 Å². The van der Waals surface area contributed by atoms with E-state index < -0.39 is 0 Å². The first-order valence-corrected chi connectivity index (χ1v) is 6.08. The van der Waals surface area contributed by atoms with Crippen LogP contribution in [0.5, 0.6) is 0 Å². The fourth-order valence-electron chi connectivity index (χ4n) is 1.93. The fourth-order valence-corrected chi connectivity index (χ4v) is 1.93. The van der Waals surface area contributed by atoms with Crippen molar-refractivity contribution in [1.29, 1.82) is 0 Å². The zero-order valence-corrected chi connectivity index (χ0v) is 11.1. The van der Waals surface area contributed by atoms with E-state index in [9.17, 15) is 0 Å². The van der Waals surface area contributed by atoms with E-state index in [1.54, 1.807) is 6.20 Å². The van der Waals surface area contributed by atoms with E-state index in [1.807, 2.05) is 25.4 Å². The second kappa shape index (κ2) is 4.72. The Morgan fingerprint density at radius 3 is 2.83 bits per heavy atom. The number of pyridine rings is 1. The Morgan fingerprint density at radius 1 is 1.44 bits per heavy atom. The number of H-pyrrole nitrogens is 1. The van der Waals surface area contributed by atoms with Gasteiger partial charge in [0, 0.05) is 24.4 Å². The maximum Gasteiger partial charge on any atom is 0.129 e. The molecule has 0 saturated carbocycles. The van der Waals surface area contributed by atoms with Crippen LogP contribution in [0.2, 0.25) is 0 Å². The monoisotopic (exact) mass is 244 g/mol. The number of nitrogens with zero attached hydrogens (tertiary/aromatic N) is 1. The first-order chi connectivity index (χ1) is 8.49. The SMILES string of the molecule is Cc1cc(N)cnc1NCC(C)(C)c1cc[nH]c1. The van der Waals surface area contributed by atoms with Crippen LogP contribution < -0.4 is 11.1 Å². The lowest BCUT2D eigenvalue weighted by atomic mass is 9.86. The van der Waals surface area contributed by atoms with E-state index in [2.05, 4.69) is 35.2 Å². The lowest BCUT2D eigenvalue weighted by Gasteiger charge is -2.24. The van der Waals surface area contributed by atoms with E-state index in [1.165, 1.54) is 5.56 Å². The van der Waals surface area contributed by atoms with Crippen LogP contribution in [-0.4, -0.2) is 16.5 Å². The quantitative estimate of drug-likeness (QED) is 0.774. The van der Waals surface area contributed by atoms with Crippen molar-refractivity contribution in [2.45, 2.75) is 26.2 Å². The smallest absolute Gasteiger partial charge is 0.129 e. The Hall–Kier alpha value is -1.97. The van der Waals surface area contributed by atoms with Crippen molar-refractivity contribution in [2.75, 3.05) is 17.6 Å². The van der Waals surface area contributed by atoms with Gasteiger partial charge in [0.1, 0.15) is 5.82 Å². The molecule has 0 amide bonds. The first-order valence-electron chi connectivity index (χ1n) is 6.08. The predicted octanol–water partition coefficient (Wildman–Crippen LogP) is 2.69. The Kier molecular flexibility index (Phi) is 3.28. The highest BCUT2D eigenvalue weighted by molar-refractivity contribution is 5.51. The van der Waals surface area contributed by atoms with Crippen molar-refractivity contribution in [2.24, 2.45) is 0 Å². The highest BCUT2D eigenvalue weighted by atomic mass is 15.0. The van der Waals surface area contributed by atoms with Gasteiger partial charge in [-0.15, -0.1) is 0 Å². The van der Waals surface area contributed by atoms with E-state index in [0.717, 1.165) is 17.9 Å². The number of nitrogens with one attached hydrogen (secondary N) is 2. The number of nitrogens with two attached hydrogens (primary N) is 1. The molecule has 96 valence electrons. The van der Waals surface area contributed by atoms with Crippen molar-refractivity contribution < 1.29 is 0 Å². The van der Waals surface area contributed by atoms with Gasteiger partial charge in [-0.25, -0.2) is 4.98 Å². The maximum atomic E-state index is 5.69. The van der Waals surface area contributed by atoms with Gasteiger partial charge in [-0.05, 0) is 30.2 Å². The summed E-state index contributed by atoms with van der Waals surface area (Å²) in [7, 11) is 0. The molecule has 0 radical (unpaired) electrons. The zero-order chi connectivity index (χ0) is 13.2. The van der Waals surface area contributed by atoms with Crippen LogP contribution in [0.1, 0.15) is 25.0 Å². The van der Waals surface area contributed by atoms with Crippen LogP contribution in [0.4, 0.5) is 11.5 Å². The summed E-state index contributed by atoms with van der Waals surface area (Å²) in [5.41, 5.74) is 8.79. The topological polar surface area (TPSA) is 66.7 Å². The molecule has 0 saturated heterocycles. The largest absolute Gasteiger partial charge is 0.397 e. The fraction of sp³-hybridized carbons (Fsp3) is 0.357. The molecule has 2 aromatic rings. The number of aromatic amines is 1. The molecule has 2 heterocycles. The van der Waals surface area contributed by atoms with Gasteiger partial charge < -0.3 is 16.0 Å². The molecule has 0 fully saturated rings. The minimum Gasteiger partial charge on any atom is -0.397 e. The average Bonchev–Trinajstić information content (AvgIpc) is 2.82.